The maximum Gasteiger partial charge on any atom is 0.254 e. The molecule has 2 atom stereocenters. The molecule has 140 valence electrons. The zero-order valence-electron chi connectivity index (χ0n) is 15.6. The number of carbonyl (C=O) groups is 1. The van der Waals surface area contributed by atoms with Gasteiger partial charge < -0.3 is 15.0 Å². The maximum absolute atomic E-state index is 13.0. The summed E-state index contributed by atoms with van der Waals surface area (Å²) in [5.41, 5.74) is 4.02. The van der Waals surface area contributed by atoms with E-state index in [4.69, 9.17) is 9.72 Å². The van der Waals surface area contributed by atoms with Crippen molar-refractivity contribution in [3.8, 4) is 5.75 Å². The molecule has 1 aromatic carbocycles. The lowest BCUT2D eigenvalue weighted by molar-refractivity contribution is 0.0733. The van der Waals surface area contributed by atoms with E-state index in [-0.39, 0.29) is 18.1 Å². The van der Waals surface area contributed by atoms with E-state index in [2.05, 4.69) is 17.2 Å². The van der Waals surface area contributed by atoms with E-state index in [1.807, 2.05) is 29.3 Å². The lowest BCUT2D eigenvalue weighted by atomic mass is 10.0. The number of benzene rings is 1. The van der Waals surface area contributed by atoms with Gasteiger partial charge in [-0.2, -0.15) is 0 Å². The number of nitrogens with one attached hydrogen (secondary N) is 1. The van der Waals surface area contributed by atoms with E-state index in [1.54, 1.807) is 0 Å². The van der Waals surface area contributed by atoms with Gasteiger partial charge >= 0.3 is 0 Å². The first-order valence-corrected chi connectivity index (χ1v) is 9.84. The molecule has 1 amide bonds. The van der Waals surface area contributed by atoms with E-state index in [0.717, 1.165) is 59.8 Å². The minimum Gasteiger partial charge on any atom is -0.490 e. The number of carbonyl (C=O) groups excluding carboxylic acids is 1. The highest BCUT2D eigenvalue weighted by atomic mass is 16.5. The summed E-state index contributed by atoms with van der Waals surface area (Å²) in [6, 6.07) is 6.07. The van der Waals surface area contributed by atoms with Crippen LogP contribution in [-0.4, -0.2) is 40.0 Å². The van der Waals surface area contributed by atoms with Crippen LogP contribution in [0.5, 0.6) is 5.75 Å². The van der Waals surface area contributed by atoms with Crippen LogP contribution in [0.1, 0.15) is 58.8 Å². The molecular formula is C21H24N4O2. The Balaban J connectivity index is 1.33. The summed E-state index contributed by atoms with van der Waals surface area (Å²) >= 11 is 0. The summed E-state index contributed by atoms with van der Waals surface area (Å²) in [6.07, 6.45) is 6.03. The Morgan fingerprint density at radius 3 is 3.11 bits per heavy atom. The van der Waals surface area contributed by atoms with E-state index in [1.165, 1.54) is 6.42 Å². The molecule has 0 spiro atoms. The second-order valence-electron chi connectivity index (χ2n) is 7.78. The van der Waals surface area contributed by atoms with E-state index < -0.39 is 0 Å². The lowest BCUT2D eigenvalue weighted by Gasteiger charge is -2.28. The van der Waals surface area contributed by atoms with Crippen molar-refractivity contribution in [3.05, 3.63) is 52.6 Å². The number of rotatable bonds is 2. The van der Waals surface area contributed by atoms with Crippen molar-refractivity contribution < 1.29 is 9.53 Å². The number of fused-ring (bicyclic) bond motifs is 2. The van der Waals surface area contributed by atoms with Crippen molar-refractivity contribution in [1.29, 1.82) is 0 Å². The Morgan fingerprint density at radius 2 is 2.26 bits per heavy atom. The predicted molar refractivity (Wildman–Crippen MR) is 101 cm³/mol. The molecule has 0 saturated carbocycles. The summed E-state index contributed by atoms with van der Waals surface area (Å²) in [5, 5.41) is 3.45. The molecule has 6 nitrogen and oxygen atoms in total. The highest BCUT2D eigenvalue weighted by molar-refractivity contribution is 5.94. The minimum absolute atomic E-state index is 0.0736. The summed E-state index contributed by atoms with van der Waals surface area (Å²) in [4.78, 5) is 24.3. The van der Waals surface area contributed by atoms with Crippen molar-refractivity contribution in [1.82, 2.24) is 20.2 Å². The van der Waals surface area contributed by atoms with Gasteiger partial charge in [-0.1, -0.05) is 0 Å². The Hall–Kier alpha value is -2.47. The van der Waals surface area contributed by atoms with Crippen LogP contribution in [-0.2, 0) is 19.4 Å². The highest BCUT2D eigenvalue weighted by Gasteiger charge is 2.27. The Kier molecular flexibility index (Phi) is 4.08. The van der Waals surface area contributed by atoms with Gasteiger partial charge in [-0.3, -0.25) is 4.79 Å². The third kappa shape index (κ3) is 3.08. The van der Waals surface area contributed by atoms with Crippen molar-refractivity contribution in [2.75, 3.05) is 13.1 Å². The summed E-state index contributed by atoms with van der Waals surface area (Å²) in [5.74, 6) is 1.88. The molecule has 1 saturated heterocycles. The van der Waals surface area contributed by atoms with Gasteiger partial charge in [0.2, 0.25) is 0 Å². The SMILES string of the molecule is C[C@@H]1Cc2cc(C(=O)N3CCc4nc([C@@H]5CCCN5)ncc4C3)ccc2O1. The zero-order valence-corrected chi connectivity index (χ0v) is 15.6. The molecule has 3 aliphatic rings. The van der Waals surface area contributed by atoms with Gasteiger partial charge in [0.1, 0.15) is 17.7 Å². The summed E-state index contributed by atoms with van der Waals surface area (Å²) < 4.78 is 5.74. The van der Waals surface area contributed by atoms with Crippen molar-refractivity contribution >= 4 is 5.91 Å². The summed E-state index contributed by atoms with van der Waals surface area (Å²) in [7, 11) is 0. The molecule has 0 bridgehead atoms. The van der Waals surface area contributed by atoms with Crippen LogP contribution in [0.2, 0.25) is 0 Å². The van der Waals surface area contributed by atoms with Gasteiger partial charge in [0.05, 0.1) is 11.7 Å². The van der Waals surface area contributed by atoms with Crippen LogP contribution in [0.4, 0.5) is 0 Å². The molecule has 0 radical (unpaired) electrons. The van der Waals surface area contributed by atoms with Crippen LogP contribution >= 0.6 is 0 Å². The number of aromatic nitrogens is 2. The monoisotopic (exact) mass is 364 g/mol. The molecule has 3 aliphatic heterocycles. The van der Waals surface area contributed by atoms with E-state index >= 15 is 0 Å². The van der Waals surface area contributed by atoms with Gasteiger partial charge in [-0.25, -0.2) is 9.97 Å². The third-order valence-corrected chi connectivity index (χ3v) is 5.75. The first kappa shape index (κ1) is 16.7. The number of amides is 1. The van der Waals surface area contributed by atoms with Gasteiger partial charge in [-0.05, 0) is 50.1 Å². The molecular weight excluding hydrogens is 340 g/mol. The van der Waals surface area contributed by atoms with Crippen LogP contribution in [0.15, 0.2) is 24.4 Å². The molecule has 1 fully saturated rings. The molecule has 6 heteroatoms. The standard InChI is InChI=1S/C21H24N4O2/c1-13-9-15-10-14(4-5-19(15)27-13)21(26)25-8-6-17-16(12-25)11-23-20(24-17)18-3-2-7-22-18/h4-5,10-11,13,18,22H,2-3,6-9,12H2,1H3/t13-,18+/m1/s1. The summed E-state index contributed by atoms with van der Waals surface area (Å²) in [6.45, 7) is 4.37. The van der Waals surface area contributed by atoms with Crippen LogP contribution in [0.3, 0.4) is 0 Å². The van der Waals surface area contributed by atoms with Gasteiger partial charge in [-0.15, -0.1) is 0 Å². The number of hydrogen-bond acceptors (Lipinski definition) is 5. The minimum atomic E-state index is 0.0736. The van der Waals surface area contributed by atoms with Crippen molar-refractivity contribution in [2.24, 2.45) is 0 Å². The molecule has 1 aromatic heterocycles. The Bertz CT molecular complexity index is 892. The van der Waals surface area contributed by atoms with E-state index in [0.29, 0.717) is 13.1 Å². The average Bonchev–Trinajstić information content (AvgIpc) is 3.34. The predicted octanol–water partition coefficient (Wildman–Crippen LogP) is 2.42. The maximum atomic E-state index is 13.0. The van der Waals surface area contributed by atoms with Gasteiger partial charge in [0.25, 0.3) is 5.91 Å². The normalized spacial score (nSPS) is 23.7. The largest absolute Gasteiger partial charge is 0.490 e. The molecule has 2 aromatic rings. The third-order valence-electron chi connectivity index (χ3n) is 5.75. The quantitative estimate of drug-likeness (QED) is 0.886. The van der Waals surface area contributed by atoms with Crippen LogP contribution in [0.25, 0.3) is 0 Å². The zero-order chi connectivity index (χ0) is 18.4. The smallest absolute Gasteiger partial charge is 0.254 e. The average molecular weight is 364 g/mol. The van der Waals surface area contributed by atoms with Crippen molar-refractivity contribution in [3.63, 3.8) is 0 Å². The topological polar surface area (TPSA) is 67.4 Å². The molecule has 1 N–H and O–H groups in total. The second kappa shape index (κ2) is 6.60. The highest BCUT2D eigenvalue weighted by Crippen LogP contribution is 2.30. The van der Waals surface area contributed by atoms with E-state index in [9.17, 15) is 4.79 Å². The molecule has 0 unspecified atom stereocenters. The first-order valence-electron chi connectivity index (χ1n) is 9.84. The Labute approximate surface area is 159 Å². The van der Waals surface area contributed by atoms with Gasteiger partial charge in [0, 0.05) is 43.3 Å². The second-order valence-corrected chi connectivity index (χ2v) is 7.78. The fourth-order valence-corrected chi connectivity index (χ4v) is 4.32. The molecule has 4 heterocycles. The molecule has 0 aliphatic carbocycles. The Morgan fingerprint density at radius 1 is 1.33 bits per heavy atom. The number of hydrogen-bond donors (Lipinski definition) is 1. The first-order chi connectivity index (χ1) is 13.2. The van der Waals surface area contributed by atoms with Crippen molar-refractivity contribution in [2.45, 2.75) is 51.3 Å². The fraction of sp³-hybridized carbons (Fsp3) is 0.476. The van der Waals surface area contributed by atoms with Gasteiger partial charge in [0.15, 0.2) is 0 Å². The number of ether oxygens (including phenoxy) is 1. The number of nitrogens with zero attached hydrogens (tertiary/aromatic N) is 3. The fourth-order valence-electron chi connectivity index (χ4n) is 4.32. The lowest BCUT2D eigenvalue weighted by Crippen LogP contribution is -2.36. The molecule has 5 rings (SSSR count). The molecule has 27 heavy (non-hydrogen) atoms. The van der Waals surface area contributed by atoms with Crippen LogP contribution in [0, 0.1) is 0 Å². The van der Waals surface area contributed by atoms with Crippen LogP contribution < -0.4 is 10.1 Å².